The smallest absolute Gasteiger partial charge is 0.255 e. The Bertz CT molecular complexity index is 920. The summed E-state index contributed by atoms with van der Waals surface area (Å²) in [6, 6.07) is 16.9. The van der Waals surface area contributed by atoms with Gasteiger partial charge in [0.2, 0.25) is 0 Å². The van der Waals surface area contributed by atoms with Crippen LogP contribution in [-0.2, 0) is 0 Å². The first-order valence-corrected chi connectivity index (χ1v) is 12.7. The fourth-order valence-electron chi connectivity index (χ4n) is 4.93. The van der Waals surface area contributed by atoms with E-state index in [1.54, 1.807) is 0 Å². The minimum absolute atomic E-state index is 0.107. The first kappa shape index (κ1) is 24.6. The second kappa shape index (κ2) is 11.2. The van der Waals surface area contributed by atoms with Crippen LogP contribution in [-0.4, -0.2) is 74.7 Å². The number of benzene rings is 2. The minimum atomic E-state index is -0.107. The molecule has 2 saturated heterocycles. The van der Waals surface area contributed by atoms with Crippen LogP contribution in [0.4, 0.5) is 11.4 Å². The number of carbonyl (C=O) groups excluding carboxylic acids is 1. The summed E-state index contributed by atoms with van der Waals surface area (Å²) in [7, 11) is 4.53. The van der Waals surface area contributed by atoms with E-state index in [1.165, 1.54) is 38.0 Å². The summed E-state index contributed by atoms with van der Waals surface area (Å²) in [6.45, 7) is 9.46. The third-order valence-corrected chi connectivity index (χ3v) is 7.19. The standard InChI is InChI=1S/C28H40N4O2/c1-21(2)20-34-27-11-5-22(6-12-27)28(33)29-23-7-9-25(10-8-23)32-18-15-26(19-32)31(4)24-13-16-30(3)17-14-24/h5-12,21,24,26H,13-20H2,1-4H3,(H,29,33). The number of carbonyl (C=O) groups is 1. The maximum atomic E-state index is 12.7. The van der Waals surface area contributed by atoms with Gasteiger partial charge < -0.3 is 19.9 Å². The van der Waals surface area contributed by atoms with Crippen LogP contribution in [0.5, 0.6) is 5.75 Å². The average Bonchev–Trinajstić information content (AvgIpc) is 3.34. The molecule has 184 valence electrons. The highest BCUT2D eigenvalue weighted by Crippen LogP contribution is 2.27. The molecule has 6 heteroatoms. The highest BCUT2D eigenvalue weighted by atomic mass is 16.5. The summed E-state index contributed by atoms with van der Waals surface area (Å²) in [5.74, 6) is 1.15. The first-order valence-electron chi connectivity index (χ1n) is 12.7. The quantitative estimate of drug-likeness (QED) is 0.620. The molecule has 1 unspecified atom stereocenters. The fourth-order valence-corrected chi connectivity index (χ4v) is 4.93. The molecule has 0 saturated carbocycles. The fraction of sp³-hybridized carbons (Fsp3) is 0.536. The van der Waals surface area contributed by atoms with Crippen LogP contribution in [0.3, 0.4) is 0 Å². The zero-order valence-electron chi connectivity index (χ0n) is 21.2. The summed E-state index contributed by atoms with van der Waals surface area (Å²) in [4.78, 5) is 20.2. The Morgan fingerprint density at radius 3 is 2.29 bits per heavy atom. The van der Waals surface area contributed by atoms with E-state index >= 15 is 0 Å². The molecule has 6 nitrogen and oxygen atoms in total. The molecular weight excluding hydrogens is 424 g/mol. The van der Waals surface area contributed by atoms with Crippen molar-refractivity contribution in [2.24, 2.45) is 5.92 Å². The van der Waals surface area contributed by atoms with Gasteiger partial charge in [0, 0.05) is 42.1 Å². The monoisotopic (exact) mass is 464 g/mol. The van der Waals surface area contributed by atoms with Crippen molar-refractivity contribution in [2.45, 2.75) is 45.2 Å². The average molecular weight is 465 g/mol. The van der Waals surface area contributed by atoms with E-state index in [9.17, 15) is 4.79 Å². The van der Waals surface area contributed by atoms with Crippen molar-refractivity contribution in [2.75, 3.05) is 57.1 Å². The van der Waals surface area contributed by atoms with Gasteiger partial charge in [-0.3, -0.25) is 9.69 Å². The molecule has 4 rings (SSSR count). The molecule has 0 spiro atoms. The number of hydrogen-bond donors (Lipinski definition) is 1. The Hall–Kier alpha value is -2.57. The molecule has 2 aromatic carbocycles. The van der Waals surface area contributed by atoms with Crippen LogP contribution in [0.15, 0.2) is 48.5 Å². The number of anilines is 2. The Kier molecular flexibility index (Phi) is 8.11. The number of likely N-dealkylation sites (tertiary alicyclic amines) is 1. The van der Waals surface area contributed by atoms with Gasteiger partial charge in [-0.05, 0) is 101 Å². The van der Waals surface area contributed by atoms with Crippen LogP contribution < -0.4 is 15.0 Å². The SMILES string of the molecule is CC(C)COc1ccc(C(=O)Nc2ccc(N3CCC(N(C)C4CCN(C)CC4)C3)cc2)cc1. The van der Waals surface area contributed by atoms with Crippen molar-refractivity contribution in [1.29, 1.82) is 0 Å². The van der Waals surface area contributed by atoms with Crippen molar-refractivity contribution in [3.63, 3.8) is 0 Å². The van der Waals surface area contributed by atoms with E-state index in [0.29, 0.717) is 30.2 Å². The maximum Gasteiger partial charge on any atom is 0.255 e. The molecule has 2 heterocycles. The van der Waals surface area contributed by atoms with Gasteiger partial charge in [-0.15, -0.1) is 0 Å². The van der Waals surface area contributed by atoms with E-state index in [0.717, 1.165) is 24.5 Å². The van der Waals surface area contributed by atoms with Crippen LogP contribution in [0.25, 0.3) is 0 Å². The van der Waals surface area contributed by atoms with Crippen molar-refractivity contribution in [1.82, 2.24) is 9.80 Å². The summed E-state index contributed by atoms with van der Waals surface area (Å²) in [6.07, 6.45) is 3.75. The number of nitrogens with one attached hydrogen (secondary N) is 1. The van der Waals surface area contributed by atoms with Crippen molar-refractivity contribution in [3.05, 3.63) is 54.1 Å². The molecule has 1 amide bonds. The number of nitrogens with zero attached hydrogens (tertiary/aromatic N) is 3. The first-order chi connectivity index (χ1) is 16.4. The Labute approximate surface area is 204 Å². The number of rotatable bonds is 8. The number of piperidine rings is 1. The molecule has 0 aromatic heterocycles. The van der Waals surface area contributed by atoms with Gasteiger partial charge in [-0.1, -0.05) is 13.8 Å². The van der Waals surface area contributed by atoms with Crippen molar-refractivity contribution < 1.29 is 9.53 Å². The van der Waals surface area contributed by atoms with E-state index < -0.39 is 0 Å². The van der Waals surface area contributed by atoms with Gasteiger partial charge >= 0.3 is 0 Å². The Morgan fingerprint density at radius 1 is 1.00 bits per heavy atom. The molecule has 2 aliphatic heterocycles. The molecule has 2 aromatic rings. The van der Waals surface area contributed by atoms with Crippen LogP contribution in [0, 0.1) is 5.92 Å². The van der Waals surface area contributed by atoms with Crippen LogP contribution in [0.2, 0.25) is 0 Å². The highest BCUT2D eigenvalue weighted by molar-refractivity contribution is 6.04. The van der Waals surface area contributed by atoms with Gasteiger partial charge in [-0.2, -0.15) is 0 Å². The van der Waals surface area contributed by atoms with Crippen molar-refractivity contribution in [3.8, 4) is 5.75 Å². The molecule has 0 radical (unpaired) electrons. The van der Waals surface area contributed by atoms with E-state index in [1.807, 2.05) is 36.4 Å². The number of likely N-dealkylation sites (N-methyl/N-ethyl adjacent to an activating group) is 1. The predicted octanol–water partition coefficient (Wildman–Crippen LogP) is 4.58. The lowest BCUT2D eigenvalue weighted by molar-refractivity contribution is 0.102. The topological polar surface area (TPSA) is 48.1 Å². The van der Waals surface area contributed by atoms with Crippen molar-refractivity contribution >= 4 is 17.3 Å². The maximum absolute atomic E-state index is 12.7. The second-order valence-corrected chi connectivity index (χ2v) is 10.3. The second-order valence-electron chi connectivity index (χ2n) is 10.3. The largest absolute Gasteiger partial charge is 0.493 e. The third-order valence-electron chi connectivity index (χ3n) is 7.19. The van der Waals surface area contributed by atoms with Gasteiger partial charge in [-0.25, -0.2) is 0 Å². The Morgan fingerprint density at radius 2 is 1.65 bits per heavy atom. The number of ether oxygens (including phenoxy) is 1. The number of amides is 1. The van der Waals surface area contributed by atoms with Gasteiger partial charge in [0.25, 0.3) is 5.91 Å². The lowest BCUT2D eigenvalue weighted by atomic mass is 10.0. The lowest BCUT2D eigenvalue weighted by Gasteiger charge is -2.38. The molecule has 0 aliphatic carbocycles. The molecule has 34 heavy (non-hydrogen) atoms. The summed E-state index contributed by atoms with van der Waals surface area (Å²) in [5.41, 5.74) is 2.66. The van der Waals surface area contributed by atoms with E-state index in [4.69, 9.17) is 4.74 Å². The highest BCUT2D eigenvalue weighted by Gasteiger charge is 2.31. The molecule has 2 aliphatic rings. The zero-order chi connectivity index (χ0) is 24.1. The van der Waals surface area contributed by atoms with Gasteiger partial charge in [0.15, 0.2) is 0 Å². The minimum Gasteiger partial charge on any atom is -0.493 e. The van der Waals surface area contributed by atoms with E-state index in [-0.39, 0.29) is 5.91 Å². The predicted molar refractivity (Wildman–Crippen MR) is 140 cm³/mol. The molecule has 0 bridgehead atoms. The summed E-state index contributed by atoms with van der Waals surface area (Å²) < 4.78 is 5.70. The Balaban J connectivity index is 1.28. The normalized spacial score (nSPS) is 19.7. The van der Waals surface area contributed by atoms with Gasteiger partial charge in [0.1, 0.15) is 5.75 Å². The molecule has 1 atom stereocenters. The number of hydrogen-bond acceptors (Lipinski definition) is 5. The summed E-state index contributed by atoms with van der Waals surface area (Å²) >= 11 is 0. The molecule has 1 N–H and O–H groups in total. The third kappa shape index (κ3) is 6.30. The van der Waals surface area contributed by atoms with Gasteiger partial charge in [0.05, 0.1) is 6.61 Å². The lowest BCUT2D eigenvalue weighted by Crippen LogP contribution is -2.47. The molecule has 2 fully saturated rings. The van der Waals surface area contributed by atoms with Crippen LogP contribution >= 0.6 is 0 Å². The van der Waals surface area contributed by atoms with Crippen LogP contribution in [0.1, 0.15) is 43.5 Å². The molecular formula is C28H40N4O2. The van der Waals surface area contributed by atoms with E-state index in [2.05, 4.69) is 60.1 Å². The summed E-state index contributed by atoms with van der Waals surface area (Å²) in [5, 5.41) is 3.01. The zero-order valence-corrected chi connectivity index (χ0v) is 21.2.